The van der Waals surface area contributed by atoms with Crippen molar-refractivity contribution in [2.75, 3.05) is 45.6 Å². The van der Waals surface area contributed by atoms with Crippen molar-refractivity contribution in [1.82, 2.24) is 14.8 Å². The number of anilines is 1. The van der Waals surface area contributed by atoms with Crippen molar-refractivity contribution in [2.24, 2.45) is 5.92 Å². The Hall–Kier alpha value is -1.62. The van der Waals surface area contributed by atoms with Gasteiger partial charge in [0.1, 0.15) is 5.69 Å². The Kier molecular flexibility index (Phi) is 5.56. The van der Waals surface area contributed by atoms with Crippen LogP contribution in [0.4, 0.5) is 5.69 Å². The molecule has 5 heteroatoms. The van der Waals surface area contributed by atoms with E-state index in [-0.39, 0.29) is 5.91 Å². The van der Waals surface area contributed by atoms with Crippen LogP contribution in [0.1, 0.15) is 30.3 Å². The molecule has 1 aliphatic heterocycles. The minimum Gasteiger partial charge on any atom is -0.385 e. The number of carbonyl (C=O) groups is 1. The molecule has 1 aliphatic rings. The first-order valence-electron chi connectivity index (χ1n) is 7.74. The van der Waals surface area contributed by atoms with Gasteiger partial charge in [0, 0.05) is 32.5 Å². The van der Waals surface area contributed by atoms with Gasteiger partial charge in [-0.05, 0) is 50.5 Å². The molecular formula is C16H26N4O. The summed E-state index contributed by atoms with van der Waals surface area (Å²) in [4.78, 5) is 20.1. The van der Waals surface area contributed by atoms with Crippen LogP contribution in [0.15, 0.2) is 18.3 Å². The number of pyridine rings is 1. The number of rotatable bonds is 5. The summed E-state index contributed by atoms with van der Waals surface area (Å²) in [5.41, 5.74) is 1.47. The summed E-state index contributed by atoms with van der Waals surface area (Å²) in [6.45, 7) is 6.74. The number of hydrogen-bond acceptors (Lipinski definition) is 4. The van der Waals surface area contributed by atoms with Gasteiger partial charge in [0.05, 0.1) is 0 Å². The summed E-state index contributed by atoms with van der Waals surface area (Å²) >= 11 is 0. The molecule has 0 saturated carbocycles. The molecule has 1 saturated heterocycles. The van der Waals surface area contributed by atoms with Crippen LogP contribution in [0.3, 0.4) is 0 Å². The summed E-state index contributed by atoms with van der Waals surface area (Å²) in [6.07, 6.45) is 4.18. The van der Waals surface area contributed by atoms with Crippen molar-refractivity contribution < 1.29 is 4.79 Å². The lowest BCUT2D eigenvalue weighted by Gasteiger charge is -2.31. The van der Waals surface area contributed by atoms with E-state index >= 15 is 0 Å². The first-order chi connectivity index (χ1) is 10.1. The third kappa shape index (κ3) is 4.43. The first-order valence-corrected chi connectivity index (χ1v) is 7.74. The molecule has 0 aliphatic carbocycles. The fourth-order valence-corrected chi connectivity index (χ4v) is 2.66. The van der Waals surface area contributed by atoms with Crippen LogP contribution < -0.4 is 5.32 Å². The molecule has 1 N–H and O–H groups in total. The molecule has 2 heterocycles. The van der Waals surface area contributed by atoms with Gasteiger partial charge < -0.3 is 15.1 Å². The van der Waals surface area contributed by atoms with E-state index in [1.165, 1.54) is 25.9 Å². The van der Waals surface area contributed by atoms with Crippen LogP contribution in [0.25, 0.3) is 0 Å². The molecule has 0 unspecified atom stereocenters. The molecule has 0 spiro atoms. The molecule has 1 fully saturated rings. The Labute approximate surface area is 127 Å². The molecule has 116 valence electrons. The second kappa shape index (κ2) is 7.41. The van der Waals surface area contributed by atoms with Gasteiger partial charge in [-0.2, -0.15) is 0 Å². The monoisotopic (exact) mass is 290 g/mol. The van der Waals surface area contributed by atoms with E-state index in [1.54, 1.807) is 25.2 Å². The van der Waals surface area contributed by atoms with E-state index < -0.39 is 0 Å². The molecule has 5 nitrogen and oxygen atoms in total. The largest absolute Gasteiger partial charge is 0.385 e. The SMILES string of the molecule is CCN1CCC(CNc2ccnc(C(=O)N(C)C)c2)CC1. The van der Waals surface area contributed by atoms with E-state index in [1.807, 2.05) is 12.1 Å². The highest BCUT2D eigenvalue weighted by atomic mass is 16.2. The zero-order valence-corrected chi connectivity index (χ0v) is 13.3. The highest BCUT2D eigenvalue weighted by molar-refractivity contribution is 5.92. The van der Waals surface area contributed by atoms with Gasteiger partial charge in [-0.15, -0.1) is 0 Å². The average Bonchev–Trinajstić information content (AvgIpc) is 2.53. The summed E-state index contributed by atoms with van der Waals surface area (Å²) in [7, 11) is 3.48. The molecule has 2 rings (SSSR count). The van der Waals surface area contributed by atoms with Crippen molar-refractivity contribution in [1.29, 1.82) is 0 Å². The van der Waals surface area contributed by atoms with E-state index in [0.29, 0.717) is 11.6 Å². The molecule has 0 atom stereocenters. The third-order valence-corrected chi connectivity index (χ3v) is 4.13. The lowest BCUT2D eigenvalue weighted by atomic mass is 9.97. The number of nitrogens with zero attached hydrogens (tertiary/aromatic N) is 3. The number of likely N-dealkylation sites (tertiary alicyclic amines) is 1. The minimum absolute atomic E-state index is 0.0603. The molecular weight excluding hydrogens is 264 g/mol. The van der Waals surface area contributed by atoms with Crippen molar-refractivity contribution in [2.45, 2.75) is 19.8 Å². The standard InChI is InChI=1S/C16H26N4O/c1-4-20-9-6-13(7-10-20)12-18-14-5-8-17-15(11-14)16(21)19(2)3/h5,8,11,13H,4,6-7,9-10,12H2,1-3H3,(H,17,18). The number of carbonyl (C=O) groups excluding carboxylic acids is 1. The van der Waals surface area contributed by atoms with Crippen LogP contribution in [-0.2, 0) is 0 Å². The van der Waals surface area contributed by atoms with Gasteiger partial charge in [0.15, 0.2) is 0 Å². The number of piperidine rings is 1. The van der Waals surface area contributed by atoms with E-state index in [2.05, 4.69) is 22.1 Å². The van der Waals surface area contributed by atoms with Crippen molar-refractivity contribution in [3.8, 4) is 0 Å². The van der Waals surface area contributed by atoms with Crippen LogP contribution in [0.5, 0.6) is 0 Å². The first kappa shape index (κ1) is 15.8. The Bertz CT molecular complexity index is 467. The van der Waals surface area contributed by atoms with Crippen LogP contribution in [0.2, 0.25) is 0 Å². The van der Waals surface area contributed by atoms with Crippen LogP contribution >= 0.6 is 0 Å². The lowest BCUT2D eigenvalue weighted by molar-refractivity contribution is 0.0822. The molecule has 1 aromatic rings. The summed E-state index contributed by atoms with van der Waals surface area (Å²) in [6, 6.07) is 3.76. The second-order valence-corrected chi connectivity index (χ2v) is 5.89. The molecule has 0 bridgehead atoms. The highest BCUT2D eigenvalue weighted by Gasteiger charge is 2.18. The predicted octanol–water partition coefficient (Wildman–Crippen LogP) is 1.93. The Morgan fingerprint density at radius 3 is 2.76 bits per heavy atom. The maximum absolute atomic E-state index is 11.9. The van der Waals surface area contributed by atoms with Gasteiger partial charge in [-0.25, -0.2) is 0 Å². The van der Waals surface area contributed by atoms with Gasteiger partial charge in [-0.3, -0.25) is 9.78 Å². The molecule has 21 heavy (non-hydrogen) atoms. The van der Waals surface area contributed by atoms with Gasteiger partial charge in [-0.1, -0.05) is 6.92 Å². The maximum atomic E-state index is 11.9. The minimum atomic E-state index is -0.0603. The van der Waals surface area contributed by atoms with E-state index in [4.69, 9.17) is 0 Å². The second-order valence-electron chi connectivity index (χ2n) is 5.89. The van der Waals surface area contributed by atoms with Gasteiger partial charge in [0.2, 0.25) is 0 Å². The summed E-state index contributed by atoms with van der Waals surface area (Å²) in [5, 5.41) is 3.45. The zero-order valence-electron chi connectivity index (χ0n) is 13.3. The average molecular weight is 290 g/mol. The quantitative estimate of drug-likeness (QED) is 0.900. The predicted molar refractivity (Wildman–Crippen MR) is 85.6 cm³/mol. The number of aromatic nitrogens is 1. The Balaban J connectivity index is 1.86. The van der Waals surface area contributed by atoms with E-state index in [0.717, 1.165) is 18.8 Å². The summed E-state index contributed by atoms with van der Waals surface area (Å²) in [5.74, 6) is 0.656. The number of nitrogens with one attached hydrogen (secondary N) is 1. The van der Waals surface area contributed by atoms with Crippen molar-refractivity contribution in [3.63, 3.8) is 0 Å². The highest BCUT2D eigenvalue weighted by Crippen LogP contribution is 2.18. The molecule has 0 aromatic carbocycles. The van der Waals surface area contributed by atoms with Crippen molar-refractivity contribution >= 4 is 11.6 Å². The lowest BCUT2D eigenvalue weighted by Crippen LogP contribution is -2.35. The summed E-state index contributed by atoms with van der Waals surface area (Å²) < 4.78 is 0. The van der Waals surface area contributed by atoms with E-state index in [9.17, 15) is 4.79 Å². The number of hydrogen-bond donors (Lipinski definition) is 1. The topological polar surface area (TPSA) is 48.5 Å². The third-order valence-electron chi connectivity index (χ3n) is 4.13. The molecule has 1 amide bonds. The van der Waals surface area contributed by atoms with Gasteiger partial charge >= 0.3 is 0 Å². The van der Waals surface area contributed by atoms with Crippen LogP contribution in [-0.4, -0.2) is 61.0 Å². The Morgan fingerprint density at radius 1 is 1.43 bits per heavy atom. The smallest absolute Gasteiger partial charge is 0.272 e. The van der Waals surface area contributed by atoms with Gasteiger partial charge in [0.25, 0.3) is 5.91 Å². The normalized spacial score (nSPS) is 16.7. The van der Waals surface area contributed by atoms with Crippen LogP contribution in [0, 0.1) is 5.92 Å². The fraction of sp³-hybridized carbons (Fsp3) is 0.625. The van der Waals surface area contributed by atoms with Crippen molar-refractivity contribution in [3.05, 3.63) is 24.0 Å². The Morgan fingerprint density at radius 2 is 2.14 bits per heavy atom. The fourth-order valence-electron chi connectivity index (χ4n) is 2.66. The number of amides is 1. The molecule has 1 aromatic heterocycles. The zero-order chi connectivity index (χ0) is 15.2. The molecule has 0 radical (unpaired) electrons. The maximum Gasteiger partial charge on any atom is 0.272 e.